The lowest BCUT2D eigenvalue weighted by atomic mass is 10.2. The van der Waals surface area contributed by atoms with Crippen molar-refractivity contribution >= 4 is 23.4 Å². The Hall–Kier alpha value is -2.15. The first-order valence-corrected chi connectivity index (χ1v) is 5.91. The Morgan fingerprint density at radius 2 is 2.47 bits per heavy atom. The Morgan fingerprint density at radius 1 is 1.68 bits per heavy atom. The topological polar surface area (TPSA) is 83.6 Å². The SMILES string of the molecule is CNC1CNc2ncccc2N(CC(=O)OC)C1=O. The van der Waals surface area contributed by atoms with Gasteiger partial charge in [-0.25, -0.2) is 4.98 Å². The zero-order chi connectivity index (χ0) is 13.8. The van der Waals surface area contributed by atoms with E-state index >= 15 is 0 Å². The minimum Gasteiger partial charge on any atom is -0.468 e. The van der Waals surface area contributed by atoms with E-state index in [-0.39, 0.29) is 12.5 Å². The summed E-state index contributed by atoms with van der Waals surface area (Å²) in [6.07, 6.45) is 1.63. The van der Waals surface area contributed by atoms with Crippen LogP contribution >= 0.6 is 0 Å². The highest BCUT2D eigenvalue weighted by Crippen LogP contribution is 2.26. The minimum atomic E-state index is -0.472. The van der Waals surface area contributed by atoms with Gasteiger partial charge in [-0.3, -0.25) is 14.5 Å². The van der Waals surface area contributed by atoms with Gasteiger partial charge in [-0.1, -0.05) is 0 Å². The predicted molar refractivity (Wildman–Crippen MR) is 69.9 cm³/mol. The average Bonchev–Trinajstić information content (AvgIpc) is 2.57. The normalized spacial score (nSPS) is 18.3. The average molecular weight is 264 g/mol. The molecule has 102 valence electrons. The van der Waals surface area contributed by atoms with Crippen molar-refractivity contribution in [3.8, 4) is 0 Å². The number of pyridine rings is 1. The van der Waals surface area contributed by atoms with Gasteiger partial charge in [-0.05, 0) is 19.2 Å². The Bertz CT molecular complexity index is 492. The lowest BCUT2D eigenvalue weighted by Gasteiger charge is -2.23. The summed E-state index contributed by atoms with van der Waals surface area (Å²) in [4.78, 5) is 29.4. The summed E-state index contributed by atoms with van der Waals surface area (Å²) in [5.41, 5.74) is 0.579. The van der Waals surface area contributed by atoms with Crippen LogP contribution in [0.2, 0.25) is 0 Å². The molecule has 7 nitrogen and oxygen atoms in total. The summed E-state index contributed by atoms with van der Waals surface area (Å²) in [6.45, 7) is 0.283. The van der Waals surface area contributed by atoms with E-state index in [1.807, 2.05) is 0 Å². The van der Waals surface area contributed by atoms with Crippen LogP contribution in [0.15, 0.2) is 18.3 Å². The molecule has 19 heavy (non-hydrogen) atoms. The Balaban J connectivity index is 2.38. The number of nitrogens with one attached hydrogen (secondary N) is 2. The molecule has 1 aromatic heterocycles. The van der Waals surface area contributed by atoms with Crippen molar-refractivity contribution in [1.82, 2.24) is 10.3 Å². The molecule has 1 amide bonds. The van der Waals surface area contributed by atoms with E-state index in [9.17, 15) is 9.59 Å². The van der Waals surface area contributed by atoms with Gasteiger partial charge in [-0.2, -0.15) is 0 Å². The van der Waals surface area contributed by atoms with Crippen LogP contribution in [0.4, 0.5) is 11.5 Å². The molecule has 0 bridgehead atoms. The fourth-order valence-electron chi connectivity index (χ4n) is 1.93. The van der Waals surface area contributed by atoms with Crippen molar-refractivity contribution in [3.63, 3.8) is 0 Å². The number of amides is 1. The van der Waals surface area contributed by atoms with Gasteiger partial charge in [0, 0.05) is 12.7 Å². The predicted octanol–water partition coefficient (Wildman–Crippen LogP) is -0.399. The molecule has 0 spiro atoms. The van der Waals surface area contributed by atoms with Crippen molar-refractivity contribution in [1.29, 1.82) is 0 Å². The minimum absolute atomic E-state index is 0.131. The number of carbonyl (C=O) groups is 2. The molecule has 7 heteroatoms. The molecular weight excluding hydrogens is 248 g/mol. The smallest absolute Gasteiger partial charge is 0.325 e. The molecule has 2 rings (SSSR count). The first kappa shape index (κ1) is 13.3. The number of methoxy groups -OCH3 is 1. The molecule has 1 atom stereocenters. The third-order valence-electron chi connectivity index (χ3n) is 2.98. The second-order valence-corrected chi connectivity index (χ2v) is 4.09. The fourth-order valence-corrected chi connectivity index (χ4v) is 1.93. The molecule has 2 heterocycles. The molecule has 1 aromatic rings. The molecule has 0 radical (unpaired) electrons. The highest BCUT2D eigenvalue weighted by Gasteiger charge is 2.31. The van der Waals surface area contributed by atoms with Gasteiger partial charge in [0.25, 0.3) is 0 Å². The third-order valence-corrected chi connectivity index (χ3v) is 2.98. The van der Waals surface area contributed by atoms with E-state index in [1.165, 1.54) is 12.0 Å². The Morgan fingerprint density at radius 3 is 3.16 bits per heavy atom. The van der Waals surface area contributed by atoms with Crippen LogP contribution in [-0.4, -0.2) is 50.1 Å². The van der Waals surface area contributed by atoms with Crippen molar-refractivity contribution in [2.75, 3.05) is 37.5 Å². The van der Waals surface area contributed by atoms with E-state index in [1.54, 1.807) is 25.4 Å². The van der Waals surface area contributed by atoms with Gasteiger partial charge in [0.1, 0.15) is 18.4 Å². The summed E-state index contributed by atoms with van der Waals surface area (Å²) < 4.78 is 4.63. The number of nitrogens with zero attached hydrogens (tertiary/aromatic N) is 2. The standard InChI is InChI=1S/C12H16N4O3/c1-13-8-6-15-11-9(4-3-5-14-11)16(12(8)18)7-10(17)19-2/h3-5,8,13H,6-7H2,1-2H3,(H,14,15). The maximum Gasteiger partial charge on any atom is 0.325 e. The van der Waals surface area contributed by atoms with Crippen LogP contribution in [0.25, 0.3) is 0 Å². The number of carbonyl (C=O) groups excluding carboxylic acids is 2. The fraction of sp³-hybridized carbons (Fsp3) is 0.417. The second kappa shape index (κ2) is 5.66. The molecule has 0 aliphatic carbocycles. The van der Waals surface area contributed by atoms with E-state index in [4.69, 9.17) is 0 Å². The van der Waals surface area contributed by atoms with Gasteiger partial charge in [0.2, 0.25) is 5.91 Å². The molecule has 2 N–H and O–H groups in total. The van der Waals surface area contributed by atoms with Gasteiger partial charge in [0.05, 0.1) is 12.8 Å². The van der Waals surface area contributed by atoms with Gasteiger partial charge in [0.15, 0.2) is 0 Å². The number of fused-ring (bicyclic) bond motifs is 1. The molecule has 0 saturated carbocycles. The van der Waals surface area contributed by atoms with Gasteiger partial charge in [-0.15, -0.1) is 0 Å². The summed E-state index contributed by atoms with van der Waals surface area (Å²) in [5, 5.41) is 6.01. The number of ether oxygens (including phenoxy) is 1. The van der Waals surface area contributed by atoms with E-state index in [0.29, 0.717) is 18.1 Å². The number of esters is 1. The molecule has 0 aromatic carbocycles. The summed E-state index contributed by atoms with van der Waals surface area (Å²) >= 11 is 0. The van der Waals surface area contributed by atoms with Crippen molar-refractivity contribution in [3.05, 3.63) is 18.3 Å². The monoisotopic (exact) mass is 264 g/mol. The molecule has 1 unspecified atom stereocenters. The van der Waals surface area contributed by atoms with Crippen LogP contribution < -0.4 is 15.5 Å². The molecule has 1 aliphatic rings. The lowest BCUT2D eigenvalue weighted by Crippen LogP contribution is -2.48. The number of rotatable bonds is 3. The van der Waals surface area contributed by atoms with Crippen molar-refractivity contribution in [2.24, 2.45) is 0 Å². The van der Waals surface area contributed by atoms with Crippen LogP contribution in [0.5, 0.6) is 0 Å². The number of aromatic nitrogens is 1. The van der Waals surface area contributed by atoms with E-state index in [2.05, 4.69) is 20.4 Å². The van der Waals surface area contributed by atoms with Gasteiger partial charge >= 0.3 is 5.97 Å². The largest absolute Gasteiger partial charge is 0.468 e. The summed E-state index contributed by atoms with van der Waals surface area (Å²) in [5.74, 6) is -0.0791. The quantitative estimate of drug-likeness (QED) is 0.723. The first-order valence-electron chi connectivity index (χ1n) is 5.91. The maximum atomic E-state index is 12.4. The highest BCUT2D eigenvalue weighted by molar-refractivity contribution is 6.04. The summed E-state index contributed by atoms with van der Waals surface area (Å²) in [6, 6.07) is 3.05. The lowest BCUT2D eigenvalue weighted by molar-refractivity contribution is -0.140. The van der Waals surface area contributed by atoms with E-state index in [0.717, 1.165) is 0 Å². The summed E-state index contributed by atoms with van der Waals surface area (Å²) in [7, 11) is 2.99. The van der Waals surface area contributed by atoms with Crippen LogP contribution in [0.3, 0.4) is 0 Å². The molecule has 0 saturated heterocycles. The number of hydrogen-bond acceptors (Lipinski definition) is 6. The highest BCUT2D eigenvalue weighted by atomic mass is 16.5. The zero-order valence-electron chi connectivity index (χ0n) is 10.8. The molecular formula is C12H16N4O3. The zero-order valence-corrected chi connectivity index (χ0v) is 10.8. The second-order valence-electron chi connectivity index (χ2n) is 4.09. The van der Waals surface area contributed by atoms with Crippen LogP contribution in [0, 0.1) is 0 Å². The van der Waals surface area contributed by atoms with E-state index < -0.39 is 12.0 Å². The van der Waals surface area contributed by atoms with Crippen LogP contribution in [0.1, 0.15) is 0 Å². The molecule has 1 aliphatic heterocycles. The van der Waals surface area contributed by atoms with Crippen molar-refractivity contribution < 1.29 is 14.3 Å². The number of anilines is 2. The third kappa shape index (κ3) is 2.65. The Labute approximate surface area is 110 Å². The maximum absolute atomic E-state index is 12.4. The number of likely N-dealkylation sites (N-methyl/N-ethyl adjacent to an activating group) is 1. The van der Waals surface area contributed by atoms with Gasteiger partial charge < -0.3 is 15.4 Å². The molecule has 0 fully saturated rings. The number of hydrogen-bond donors (Lipinski definition) is 2. The van der Waals surface area contributed by atoms with Crippen LogP contribution in [-0.2, 0) is 14.3 Å². The van der Waals surface area contributed by atoms with Crippen molar-refractivity contribution in [2.45, 2.75) is 6.04 Å². The Kier molecular flexibility index (Phi) is 3.96. The first-order chi connectivity index (χ1) is 9.17.